The minimum Gasteiger partial charge on any atom is -0.381 e. The van der Waals surface area contributed by atoms with Crippen LogP contribution in [0.25, 0.3) is 10.9 Å². The maximum Gasteiger partial charge on any atom is 0.0457 e. The van der Waals surface area contributed by atoms with Crippen LogP contribution in [0.3, 0.4) is 0 Å². The van der Waals surface area contributed by atoms with Crippen LogP contribution in [0.4, 0.5) is 5.69 Å². The van der Waals surface area contributed by atoms with Crippen molar-refractivity contribution in [3.05, 3.63) is 64.8 Å². The summed E-state index contributed by atoms with van der Waals surface area (Å²) in [5, 5.41) is 5.46. The largest absolute Gasteiger partial charge is 0.381 e. The Bertz CT molecular complexity index is 716. The third-order valence-electron chi connectivity index (χ3n) is 3.29. The van der Waals surface area contributed by atoms with Crippen LogP contribution in [0, 0.1) is 6.92 Å². The Morgan fingerprint density at radius 1 is 1.11 bits per heavy atom. The first-order valence-electron chi connectivity index (χ1n) is 6.28. The first-order valence-corrected chi connectivity index (χ1v) is 6.66. The molecule has 0 fully saturated rings. The van der Waals surface area contributed by atoms with E-state index in [1.165, 1.54) is 16.5 Å². The molecule has 0 unspecified atom stereocenters. The number of fused-ring (bicyclic) bond motifs is 1. The maximum absolute atomic E-state index is 5.96. The molecule has 0 amide bonds. The van der Waals surface area contributed by atoms with Crippen molar-refractivity contribution >= 4 is 28.2 Å². The second-order valence-electron chi connectivity index (χ2n) is 4.71. The molecule has 0 saturated carbocycles. The normalized spacial score (nSPS) is 10.8. The van der Waals surface area contributed by atoms with E-state index in [-0.39, 0.29) is 0 Å². The van der Waals surface area contributed by atoms with Gasteiger partial charge in [0.15, 0.2) is 0 Å². The van der Waals surface area contributed by atoms with E-state index in [2.05, 4.69) is 41.5 Å². The molecule has 3 rings (SSSR count). The molecule has 0 aliphatic heterocycles. The lowest BCUT2D eigenvalue weighted by Gasteiger charge is -2.10. The lowest BCUT2D eigenvalue weighted by Crippen LogP contribution is -2.00. The van der Waals surface area contributed by atoms with E-state index in [0.717, 1.165) is 22.8 Å². The van der Waals surface area contributed by atoms with Crippen molar-refractivity contribution in [1.82, 2.24) is 4.98 Å². The molecule has 0 atom stereocenters. The molecular weight excluding hydrogens is 256 g/mol. The van der Waals surface area contributed by atoms with Gasteiger partial charge in [-0.3, -0.25) is 0 Å². The number of aromatic nitrogens is 1. The number of anilines is 1. The molecule has 0 radical (unpaired) electrons. The van der Waals surface area contributed by atoms with Gasteiger partial charge in [-0.05, 0) is 53.8 Å². The first-order chi connectivity index (χ1) is 9.22. The Morgan fingerprint density at radius 3 is 2.84 bits per heavy atom. The number of hydrogen-bond donors (Lipinski definition) is 2. The molecule has 3 aromatic rings. The van der Waals surface area contributed by atoms with Gasteiger partial charge in [0.25, 0.3) is 0 Å². The van der Waals surface area contributed by atoms with Crippen molar-refractivity contribution in [2.75, 3.05) is 5.32 Å². The van der Waals surface area contributed by atoms with Crippen molar-refractivity contribution in [3.8, 4) is 0 Å². The molecular formula is C16H15ClN2. The van der Waals surface area contributed by atoms with Crippen molar-refractivity contribution in [1.29, 1.82) is 0 Å². The summed E-state index contributed by atoms with van der Waals surface area (Å²) in [5.41, 5.74) is 4.71. The number of benzene rings is 2. The Labute approximate surface area is 117 Å². The Hall–Kier alpha value is -1.93. The van der Waals surface area contributed by atoms with Crippen molar-refractivity contribution in [2.24, 2.45) is 0 Å². The zero-order chi connectivity index (χ0) is 13.2. The van der Waals surface area contributed by atoms with Gasteiger partial charge in [0.05, 0.1) is 0 Å². The Morgan fingerprint density at radius 2 is 2.00 bits per heavy atom. The molecule has 0 bridgehead atoms. The monoisotopic (exact) mass is 270 g/mol. The van der Waals surface area contributed by atoms with Gasteiger partial charge in [0.1, 0.15) is 0 Å². The fraction of sp³-hybridized carbons (Fsp3) is 0.125. The van der Waals surface area contributed by atoms with Gasteiger partial charge in [0.2, 0.25) is 0 Å². The second kappa shape index (κ2) is 4.98. The summed E-state index contributed by atoms with van der Waals surface area (Å²) in [6.45, 7) is 2.86. The van der Waals surface area contributed by atoms with E-state index in [1.54, 1.807) is 0 Å². The van der Waals surface area contributed by atoms with E-state index in [0.29, 0.717) is 0 Å². The number of nitrogens with one attached hydrogen (secondary N) is 2. The SMILES string of the molecule is Cc1cc(Cl)ccc1NCc1ccc2cc[nH]c2c1. The minimum absolute atomic E-state index is 0.774. The van der Waals surface area contributed by atoms with E-state index in [9.17, 15) is 0 Å². The zero-order valence-electron chi connectivity index (χ0n) is 10.7. The third-order valence-corrected chi connectivity index (χ3v) is 3.53. The number of rotatable bonds is 3. The van der Waals surface area contributed by atoms with Crippen LogP contribution >= 0.6 is 11.6 Å². The zero-order valence-corrected chi connectivity index (χ0v) is 11.5. The summed E-state index contributed by atoms with van der Waals surface area (Å²) in [7, 11) is 0. The molecule has 2 aromatic carbocycles. The van der Waals surface area contributed by atoms with Crippen molar-refractivity contribution in [2.45, 2.75) is 13.5 Å². The molecule has 2 nitrogen and oxygen atoms in total. The summed E-state index contributed by atoms with van der Waals surface area (Å²) in [6, 6.07) is 14.4. The highest BCUT2D eigenvalue weighted by Crippen LogP contribution is 2.21. The van der Waals surface area contributed by atoms with Crippen LogP contribution in [0.15, 0.2) is 48.7 Å². The molecule has 1 aromatic heterocycles. The van der Waals surface area contributed by atoms with Gasteiger partial charge in [-0.2, -0.15) is 0 Å². The van der Waals surface area contributed by atoms with Gasteiger partial charge < -0.3 is 10.3 Å². The summed E-state index contributed by atoms with van der Waals surface area (Å²) < 4.78 is 0. The van der Waals surface area contributed by atoms with Gasteiger partial charge in [0, 0.05) is 29.0 Å². The molecule has 3 heteroatoms. The number of aromatic amines is 1. The van der Waals surface area contributed by atoms with Gasteiger partial charge in [-0.15, -0.1) is 0 Å². The quantitative estimate of drug-likeness (QED) is 0.707. The first kappa shape index (κ1) is 12.1. The molecule has 96 valence electrons. The molecule has 0 saturated heterocycles. The lowest BCUT2D eigenvalue weighted by molar-refractivity contribution is 1.14. The fourth-order valence-corrected chi connectivity index (χ4v) is 2.45. The molecule has 0 aliphatic rings. The van der Waals surface area contributed by atoms with Crippen LogP contribution < -0.4 is 5.32 Å². The third kappa shape index (κ3) is 2.59. The molecule has 0 spiro atoms. The van der Waals surface area contributed by atoms with Crippen molar-refractivity contribution < 1.29 is 0 Å². The highest BCUT2D eigenvalue weighted by atomic mass is 35.5. The highest BCUT2D eigenvalue weighted by molar-refractivity contribution is 6.30. The predicted molar refractivity (Wildman–Crippen MR) is 81.8 cm³/mol. The van der Waals surface area contributed by atoms with Crippen molar-refractivity contribution in [3.63, 3.8) is 0 Å². The van der Waals surface area contributed by atoms with Crippen LogP contribution in [0.1, 0.15) is 11.1 Å². The van der Waals surface area contributed by atoms with E-state index in [1.807, 2.05) is 24.4 Å². The predicted octanol–water partition coefficient (Wildman–Crippen LogP) is 4.74. The fourth-order valence-electron chi connectivity index (χ4n) is 2.23. The summed E-state index contributed by atoms with van der Waals surface area (Å²) in [4.78, 5) is 3.23. The van der Waals surface area contributed by atoms with E-state index in [4.69, 9.17) is 11.6 Å². The second-order valence-corrected chi connectivity index (χ2v) is 5.15. The summed E-state index contributed by atoms with van der Waals surface area (Å²) in [6.07, 6.45) is 1.96. The van der Waals surface area contributed by atoms with Crippen LogP contribution in [-0.4, -0.2) is 4.98 Å². The lowest BCUT2D eigenvalue weighted by atomic mass is 10.1. The number of aryl methyl sites for hydroxylation is 1. The summed E-state index contributed by atoms with van der Waals surface area (Å²) in [5.74, 6) is 0. The molecule has 2 N–H and O–H groups in total. The average Bonchev–Trinajstić information content (AvgIpc) is 2.85. The minimum atomic E-state index is 0.774. The van der Waals surface area contributed by atoms with E-state index < -0.39 is 0 Å². The highest BCUT2D eigenvalue weighted by Gasteiger charge is 2.00. The molecule has 19 heavy (non-hydrogen) atoms. The standard InChI is InChI=1S/C16H15ClN2/c1-11-8-14(17)4-5-15(11)19-10-12-2-3-13-6-7-18-16(13)9-12/h2-9,18-19H,10H2,1H3. The van der Waals surface area contributed by atoms with E-state index >= 15 is 0 Å². The van der Waals surface area contributed by atoms with Gasteiger partial charge in [-0.1, -0.05) is 23.7 Å². The maximum atomic E-state index is 5.96. The number of H-pyrrole nitrogens is 1. The smallest absolute Gasteiger partial charge is 0.0457 e. The van der Waals surface area contributed by atoms with Crippen LogP contribution in [0.2, 0.25) is 5.02 Å². The topological polar surface area (TPSA) is 27.8 Å². The average molecular weight is 271 g/mol. The van der Waals surface area contributed by atoms with Gasteiger partial charge >= 0.3 is 0 Å². The Balaban J connectivity index is 1.77. The van der Waals surface area contributed by atoms with Gasteiger partial charge in [-0.25, -0.2) is 0 Å². The van der Waals surface area contributed by atoms with Crippen LogP contribution in [-0.2, 0) is 6.54 Å². The van der Waals surface area contributed by atoms with Crippen LogP contribution in [0.5, 0.6) is 0 Å². The number of hydrogen-bond acceptors (Lipinski definition) is 1. The molecule has 1 heterocycles. The Kier molecular flexibility index (Phi) is 3.18. The number of halogens is 1. The molecule has 0 aliphatic carbocycles. The summed E-state index contributed by atoms with van der Waals surface area (Å²) >= 11 is 5.96.